The average molecular weight is 241 g/mol. The Morgan fingerprint density at radius 1 is 1.18 bits per heavy atom. The highest BCUT2D eigenvalue weighted by Crippen LogP contribution is 2.30. The Hall–Kier alpha value is -2.71. The number of carboxylic acid groups (broad SMARTS) is 1. The second-order valence-corrected chi connectivity index (χ2v) is 2.83. The fourth-order valence-corrected chi connectivity index (χ4v) is 1.04. The van der Waals surface area contributed by atoms with E-state index in [2.05, 4.69) is 4.74 Å². The first-order valence-corrected chi connectivity index (χ1v) is 4.17. The second-order valence-electron chi connectivity index (χ2n) is 2.83. The topological polar surface area (TPSA) is 136 Å². The molecule has 0 aliphatic heterocycles. The van der Waals surface area contributed by atoms with Gasteiger partial charge in [0.15, 0.2) is 0 Å². The van der Waals surface area contributed by atoms with Crippen molar-refractivity contribution < 1.29 is 24.5 Å². The summed E-state index contributed by atoms with van der Waals surface area (Å²) in [5.41, 5.74) is -1.47. The predicted molar refractivity (Wildman–Crippen MR) is 50.3 cm³/mol. The smallest absolute Gasteiger partial charge is 0.349 e. The zero-order valence-corrected chi connectivity index (χ0v) is 8.19. The summed E-state index contributed by atoms with van der Waals surface area (Å²) in [5.74, 6) is -1.67. The minimum atomic E-state index is -1.51. The van der Waals surface area contributed by atoms with Crippen molar-refractivity contribution in [2.24, 2.45) is 0 Å². The maximum absolute atomic E-state index is 10.5. The van der Waals surface area contributed by atoms with E-state index in [1.165, 1.54) is 0 Å². The number of nitro groups is 2. The van der Waals surface area contributed by atoms with Gasteiger partial charge in [-0.15, -0.1) is 0 Å². The van der Waals surface area contributed by atoms with Gasteiger partial charge >= 0.3 is 11.4 Å². The van der Waals surface area contributed by atoms with Crippen molar-refractivity contribution in [3.05, 3.63) is 38.4 Å². The third-order valence-electron chi connectivity index (χ3n) is 1.70. The number of carbonyl (C=O) groups excluding carboxylic acids is 1. The molecule has 0 atom stereocenters. The molecule has 0 heterocycles. The zero-order chi connectivity index (χ0) is 13.0. The molecule has 0 bridgehead atoms. The van der Waals surface area contributed by atoms with Gasteiger partial charge in [0, 0.05) is 6.07 Å². The van der Waals surface area contributed by atoms with E-state index < -0.39 is 33.8 Å². The van der Waals surface area contributed by atoms with Crippen LogP contribution in [0, 0.1) is 20.2 Å². The number of hydrogen-bond acceptors (Lipinski definition) is 7. The summed E-state index contributed by atoms with van der Waals surface area (Å²) in [5, 5.41) is 31.1. The van der Waals surface area contributed by atoms with Gasteiger partial charge in [0.25, 0.3) is 0 Å². The van der Waals surface area contributed by atoms with Crippen molar-refractivity contribution in [1.29, 1.82) is 0 Å². The van der Waals surface area contributed by atoms with E-state index in [4.69, 9.17) is 0 Å². The first-order chi connectivity index (χ1) is 7.91. The van der Waals surface area contributed by atoms with Crippen LogP contribution in [0.4, 0.5) is 11.4 Å². The molecule has 1 aromatic carbocycles. The van der Waals surface area contributed by atoms with Gasteiger partial charge in [-0.2, -0.15) is 0 Å². The summed E-state index contributed by atoms with van der Waals surface area (Å²) >= 11 is 0. The quantitative estimate of drug-likeness (QED) is 0.506. The molecule has 1 rings (SSSR count). The van der Waals surface area contributed by atoms with Crippen molar-refractivity contribution in [1.82, 2.24) is 0 Å². The predicted octanol–water partition coefficient (Wildman–Crippen LogP) is -0.368. The number of rotatable bonds is 5. The number of ether oxygens (including phenoxy) is 1. The van der Waals surface area contributed by atoms with Crippen LogP contribution in [0.15, 0.2) is 18.2 Å². The van der Waals surface area contributed by atoms with Crippen LogP contribution in [-0.4, -0.2) is 22.4 Å². The van der Waals surface area contributed by atoms with Gasteiger partial charge in [-0.1, -0.05) is 0 Å². The molecule has 0 saturated heterocycles. The second kappa shape index (κ2) is 4.88. The molecule has 0 aliphatic carbocycles. The molecule has 90 valence electrons. The van der Waals surface area contributed by atoms with E-state index >= 15 is 0 Å². The molecule has 0 amide bonds. The first kappa shape index (κ1) is 12.4. The Morgan fingerprint density at radius 2 is 1.76 bits per heavy atom. The highest BCUT2D eigenvalue weighted by molar-refractivity contribution is 5.66. The lowest BCUT2D eigenvalue weighted by molar-refractivity contribution is -0.422. The molecule has 0 radical (unpaired) electrons. The van der Waals surface area contributed by atoms with E-state index in [9.17, 15) is 30.1 Å². The van der Waals surface area contributed by atoms with Gasteiger partial charge < -0.3 is 14.6 Å². The number of nitrogens with zero attached hydrogens (tertiary/aromatic N) is 2. The van der Waals surface area contributed by atoms with Crippen LogP contribution in [0.25, 0.3) is 0 Å². The number of nitro benzene ring substituents is 2. The lowest BCUT2D eigenvalue weighted by atomic mass is 10.2. The molecule has 9 nitrogen and oxygen atoms in total. The zero-order valence-electron chi connectivity index (χ0n) is 8.19. The third kappa shape index (κ3) is 3.12. The Labute approximate surface area is 93.5 Å². The van der Waals surface area contributed by atoms with Crippen LogP contribution >= 0.6 is 0 Å². The molecule has 0 fully saturated rings. The summed E-state index contributed by atoms with van der Waals surface area (Å²) in [7, 11) is 0. The van der Waals surface area contributed by atoms with E-state index in [0.29, 0.717) is 0 Å². The lowest BCUT2D eigenvalue weighted by Gasteiger charge is -2.05. The summed E-state index contributed by atoms with van der Waals surface area (Å²) < 4.78 is 4.60. The lowest BCUT2D eigenvalue weighted by Crippen LogP contribution is -2.28. The minimum absolute atomic E-state index is 0.161. The largest absolute Gasteiger partial charge is 0.546 e. The normalized spacial score (nSPS) is 9.65. The molecule has 0 unspecified atom stereocenters. The Kier molecular flexibility index (Phi) is 3.55. The fraction of sp³-hybridized carbons (Fsp3) is 0.125. The van der Waals surface area contributed by atoms with Crippen LogP contribution < -0.4 is 9.84 Å². The van der Waals surface area contributed by atoms with Gasteiger partial charge in [-0.3, -0.25) is 20.2 Å². The maximum atomic E-state index is 10.5. The van der Waals surface area contributed by atoms with Crippen LogP contribution in [0.5, 0.6) is 5.75 Å². The molecule has 0 aromatic heterocycles. The standard InChI is InChI=1S/C8H6N2O7/c11-8(12)4-17-5-1-2-6(9(13)14)7(3-5)10(15)16/h1-3H,4H2,(H,11,12)/p-1. The molecule has 1 aromatic rings. The van der Waals surface area contributed by atoms with Crippen molar-refractivity contribution in [2.75, 3.05) is 6.61 Å². The van der Waals surface area contributed by atoms with Crippen molar-refractivity contribution >= 4 is 17.3 Å². The van der Waals surface area contributed by atoms with Gasteiger partial charge in [-0.25, -0.2) is 0 Å². The van der Waals surface area contributed by atoms with Crippen molar-refractivity contribution in [3.8, 4) is 5.75 Å². The number of benzene rings is 1. The SMILES string of the molecule is O=C([O-])COc1ccc([N+](=O)[O-])c([N+](=O)[O-])c1. The summed E-state index contributed by atoms with van der Waals surface area (Å²) in [6, 6.07) is 2.71. The van der Waals surface area contributed by atoms with Crippen LogP contribution in [-0.2, 0) is 4.79 Å². The van der Waals surface area contributed by atoms with Gasteiger partial charge in [-0.05, 0) is 6.07 Å². The molecule has 0 saturated carbocycles. The highest BCUT2D eigenvalue weighted by atomic mass is 16.6. The monoisotopic (exact) mass is 241 g/mol. The minimum Gasteiger partial charge on any atom is -0.546 e. The number of carbonyl (C=O) groups is 1. The molecule has 0 N–H and O–H groups in total. The van der Waals surface area contributed by atoms with Crippen molar-refractivity contribution in [2.45, 2.75) is 0 Å². The van der Waals surface area contributed by atoms with E-state index in [1.807, 2.05) is 0 Å². The fourth-order valence-electron chi connectivity index (χ4n) is 1.04. The average Bonchev–Trinajstić information content (AvgIpc) is 2.25. The first-order valence-electron chi connectivity index (χ1n) is 4.17. The molecular weight excluding hydrogens is 236 g/mol. The van der Waals surface area contributed by atoms with E-state index in [0.717, 1.165) is 18.2 Å². The number of aliphatic carboxylic acids is 1. The van der Waals surface area contributed by atoms with Crippen LogP contribution in [0.3, 0.4) is 0 Å². The van der Waals surface area contributed by atoms with Crippen LogP contribution in [0.2, 0.25) is 0 Å². The van der Waals surface area contributed by atoms with Crippen molar-refractivity contribution in [3.63, 3.8) is 0 Å². The molecular formula is C8H5N2O7-. The summed E-state index contributed by atoms with van der Waals surface area (Å²) in [4.78, 5) is 29.2. The highest BCUT2D eigenvalue weighted by Gasteiger charge is 2.24. The Morgan fingerprint density at radius 3 is 2.24 bits per heavy atom. The maximum Gasteiger partial charge on any atom is 0.349 e. The van der Waals surface area contributed by atoms with E-state index in [-0.39, 0.29) is 5.75 Å². The molecule has 0 aliphatic rings. The number of hydrogen-bond donors (Lipinski definition) is 0. The van der Waals surface area contributed by atoms with E-state index in [1.54, 1.807) is 0 Å². The Bertz CT molecular complexity index is 485. The van der Waals surface area contributed by atoms with Gasteiger partial charge in [0.1, 0.15) is 12.4 Å². The number of carboxylic acids is 1. The van der Waals surface area contributed by atoms with Gasteiger partial charge in [0.05, 0.1) is 21.9 Å². The molecule has 9 heteroatoms. The molecule has 17 heavy (non-hydrogen) atoms. The molecule has 0 spiro atoms. The Balaban J connectivity index is 3.05. The third-order valence-corrected chi connectivity index (χ3v) is 1.70. The summed E-state index contributed by atoms with van der Waals surface area (Å²) in [6.07, 6.45) is 0. The van der Waals surface area contributed by atoms with Gasteiger partial charge in [0.2, 0.25) is 0 Å². The summed E-state index contributed by atoms with van der Waals surface area (Å²) in [6.45, 7) is -0.797. The van der Waals surface area contributed by atoms with Crippen LogP contribution in [0.1, 0.15) is 0 Å².